The lowest BCUT2D eigenvalue weighted by molar-refractivity contribution is 0.102. The minimum absolute atomic E-state index is 0.221. The third kappa shape index (κ3) is 4.13. The highest BCUT2D eigenvalue weighted by Gasteiger charge is 2.11. The predicted molar refractivity (Wildman–Crippen MR) is 114 cm³/mol. The number of hydrogen-bond donors (Lipinski definition) is 2. The molecule has 152 valence electrons. The minimum Gasteiger partial charge on any atom is -0.385 e. The molecule has 0 aliphatic carbocycles. The van der Waals surface area contributed by atoms with E-state index in [0.717, 1.165) is 17.4 Å². The first kappa shape index (κ1) is 19.5. The average molecular weight is 403 g/mol. The number of aryl methyl sites for hydroxylation is 1. The van der Waals surface area contributed by atoms with Crippen molar-refractivity contribution in [3.63, 3.8) is 0 Å². The van der Waals surface area contributed by atoms with Crippen LogP contribution in [0.1, 0.15) is 16.8 Å². The number of hydrogen-bond acceptors (Lipinski definition) is 5. The maximum atomic E-state index is 12.5. The van der Waals surface area contributed by atoms with E-state index in [4.69, 9.17) is 4.74 Å². The molecule has 2 aromatic heterocycles. The van der Waals surface area contributed by atoms with Gasteiger partial charge in [-0.15, -0.1) is 0 Å². The Hall–Kier alpha value is -3.78. The fraction of sp³-hybridized carbons (Fsp3) is 0.182. The molecule has 2 heterocycles. The number of nitrogens with zero attached hydrogens (tertiary/aromatic N) is 3. The number of aromatic amines is 1. The van der Waals surface area contributed by atoms with Crippen LogP contribution >= 0.6 is 0 Å². The Bertz CT molecular complexity index is 1230. The van der Waals surface area contributed by atoms with Gasteiger partial charge in [-0.05, 0) is 24.6 Å². The van der Waals surface area contributed by atoms with E-state index in [-0.39, 0.29) is 11.5 Å². The average Bonchev–Trinajstić information content (AvgIpc) is 3.24. The van der Waals surface area contributed by atoms with Gasteiger partial charge in [0.05, 0.1) is 22.8 Å². The van der Waals surface area contributed by atoms with Gasteiger partial charge in [-0.3, -0.25) is 14.3 Å². The predicted octanol–water partition coefficient (Wildman–Crippen LogP) is 3.08. The second-order valence-electron chi connectivity index (χ2n) is 6.82. The lowest BCUT2D eigenvalue weighted by atomic mass is 10.0. The van der Waals surface area contributed by atoms with Crippen molar-refractivity contribution in [3.8, 4) is 11.3 Å². The van der Waals surface area contributed by atoms with Crippen LogP contribution < -0.4 is 10.9 Å². The molecule has 8 nitrogen and oxygen atoms in total. The maximum Gasteiger partial charge on any atom is 0.272 e. The fourth-order valence-electron chi connectivity index (χ4n) is 3.22. The van der Waals surface area contributed by atoms with Crippen LogP contribution in [0.3, 0.4) is 0 Å². The van der Waals surface area contributed by atoms with Crippen molar-refractivity contribution in [1.82, 2.24) is 20.0 Å². The molecule has 4 aromatic rings. The van der Waals surface area contributed by atoms with Gasteiger partial charge in [0.2, 0.25) is 0 Å². The van der Waals surface area contributed by atoms with Crippen LogP contribution in [0.4, 0.5) is 5.69 Å². The van der Waals surface area contributed by atoms with E-state index >= 15 is 0 Å². The Morgan fingerprint density at radius 3 is 2.67 bits per heavy atom. The van der Waals surface area contributed by atoms with E-state index in [1.165, 1.54) is 0 Å². The van der Waals surface area contributed by atoms with Gasteiger partial charge in [-0.1, -0.05) is 30.3 Å². The molecule has 30 heavy (non-hydrogen) atoms. The molecule has 0 saturated heterocycles. The Kier molecular flexibility index (Phi) is 5.67. The number of nitrogens with one attached hydrogen (secondary N) is 2. The number of aromatic nitrogens is 4. The zero-order valence-corrected chi connectivity index (χ0v) is 16.5. The molecule has 0 spiro atoms. The molecule has 0 radical (unpaired) electrons. The minimum atomic E-state index is -0.228. The molecule has 4 rings (SSSR count). The standard InChI is InChI=1S/C22H21N5O3/c1-30-12-4-11-27-14-16(13-23-27)21(28)24-17-9-7-15(8-10-17)20-18-5-2-3-6-19(18)22(29)26-25-20/h2-3,5-10,13-14H,4,11-12H2,1H3,(H,24,28)(H,26,29). The number of carbonyl (C=O) groups is 1. The highest BCUT2D eigenvalue weighted by atomic mass is 16.5. The number of methoxy groups -OCH3 is 1. The van der Waals surface area contributed by atoms with Gasteiger partial charge >= 0.3 is 0 Å². The molecular weight excluding hydrogens is 382 g/mol. The Morgan fingerprint density at radius 2 is 1.90 bits per heavy atom. The Morgan fingerprint density at radius 1 is 1.13 bits per heavy atom. The Balaban J connectivity index is 1.49. The van der Waals surface area contributed by atoms with Crippen LogP contribution in [0.15, 0.2) is 65.7 Å². The third-order valence-corrected chi connectivity index (χ3v) is 4.74. The van der Waals surface area contributed by atoms with Crippen molar-refractivity contribution < 1.29 is 9.53 Å². The van der Waals surface area contributed by atoms with Gasteiger partial charge in [0.25, 0.3) is 11.5 Å². The van der Waals surface area contributed by atoms with Gasteiger partial charge in [-0.2, -0.15) is 10.2 Å². The largest absolute Gasteiger partial charge is 0.385 e. The number of benzene rings is 2. The molecule has 0 aliphatic heterocycles. The fourth-order valence-corrected chi connectivity index (χ4v) is 3.22. The number of carbonyl (C=O) groups excluding carboxylic acids is 1. The van der Waals surface area contributed by atoms with Crippen molar-refractivity contribution in [1.29, 1.82) is 0 Å². The van der Waals surface area contributed by atoms with E-state index in [1.807, 2.05) is 30.3 Å². The molecule has 0 aliphatic rings. The summed E-state index contributed by atoms with van der Waals surface area (Å²) in [5, 5.41) is 15.2. The summed E-state index contributed by atoms with van der Waals surface area (Å²) in [5.74, 6) is -0.228. The molecule has 2 aromatic carbocycles. The van der Waals surface area contributed by atoms with Gasteiger partial charge < -0.3 is 10.1 Å². The van der Waals surface area contributed by atoms with E-state index in [2.05, 4.69) is 20.6 Å². The van der Waals surface area contributed by atoms with Gasteiger partial charge in [0, 0.05) is 43.1 Å². The van der Waals surface area contributed by atoms with Crippen molar-refractivity contribution in [2.45, 2.75) is 13.0 Å². The topological polar surface area (TPSA) is 102 Å². The molecule has 1 amide bonds. The lowest BCUT2D eigenvalue weighted by Gasteiger charge is -2.07. The monoisotopic (exact) mass is 403 g/mol. The molecule has 0 bridgehead atoms. The van der Waals surface area contributed by atoms with Crippen molar-refractivity contribution in [3.05, 3.63) is 76.8 Å². The molecule has 0 fully saturated rings. The zero-order valence-electron chi connectivity index (χ0n) is 16.5. The molecule has 0 atom stereocenters. The summed E-state index contributed by atoms with van der Waals surface area (Å²) in [4.78, 5) is 24.5. The lowest BCUT2D eigenvalue weighted by Crippen LogP contribution is -2.11. The second-order valence-corrected chi connectivity index (χ2v) is 6.82. The second kappa shape index (κ2) is 8.71. The summed E-state index contributed by atoms with van der Waals surface area (Å²) >= 11 is 0. The van der Waals surface area contributed by atoms with Crippen molar-refractivity contribution in [2.24, 2.45) is 0 Å². The third-order valence-electron chi connectivity index (χ3n) is 4.74. The highest BCUT2D eigenvalue weighted by Crippen LogP contribution is 2.25. The molecule has 0 saturated carbocycles. The molecule has 2 N–H and O–H groups in total. The van der Waals surface area contributed by atoms with Crippen LogP contribution in [-0.2, 0) is 11.3 Å². The number of fused-ring (bicyclic) bond motifs is 1. The first-order valence-electron chi connectivity index (χ1n) is 9.56. The van der Waals surface area contributed by atoms with E-state index in [1.54, 1.807) is 42.4 Å². The van der Waals surface area contributed by atoms with Crippen LogP contribution in [0.25, 0.3) is 22.0 Å². The maximum absolute atomic E-state index is 12.5. The van der Waals surface area contributed by atoms with E-state index in [0.29, 0.717) is 35.5 Å². The first-order chi connectivity index (χ1) is 14.7. The van der Waals surface area contributed by atoms with Gasteiger partial charge in [0.15, 0.2) is 0 Å². The van der Waals surface area contributed by atoms with Crippen LogP contribution in [0.2, 0.25) is 0 Å². The van der Waals surface area contributed by atoms with Gasteiger partial charge in [-0.25, -0.2) is 5.10 Å². The number of amides is 1. The number of ether oxygens (including phenoxy) is 1. The normalized spacial score (nSPS) is 11.0. The van der Waals surface area contributed by atoms with Crippen LogP contribution in [0.5, 0.6) is 0 Å². The summed E-state index contributed by atoms with van der Waals surface area (Å²) in [7, 11) is 1.66. The van der Waals surface area contributed by atoms with Crippen molar-refractivity contribution in [2.75, 3.05) is 19.0 Å². The number of H-pyrrole nitrogens is 1. The van der Waals surface area contributed by atoms with E-state index in [9.17, 15) is 9.59 Å². The van der Waals surface area contributed by atoms with Gasteiger partial charge in [0.1, 0.15) is 0 Å². The highest BCUT2D eigenvalue weighted by molar-refractivity contribution is 6.04. The summed E-state index contributed by atoms with van der Waals surface area (Å²) in [6, 6.07) is 14.6. The number of rotatable bonds is 7. The zero-order chi connectivity index (χ0) is 20.9. The summed E-state index contributed by atoms with van der Waals surface area (Å²) in [6.07, 6.45) is 4.09. The van der Waals surface area contributed by atoms with Crippen LogP contribution in [-0.4, -0.2) is 39.6 Å². The van der Waals surface area contributed by atoms with Crippen LogP contribution in [0, 0.1) is 0 Å². The first-order valence-corrected chi connectivity index (χ1v) is 9.56. The summed E-state index contributed by atoms with van der Waals surface area (Å²) in [6.45, 7) is 1.34. The molecular formula is C22H21N5O3. The Labute approximate surface area is 172 Å². The summed E-state index contributed by atoms with van der Waals surface area (Å²) in [5.41, 5.74) is 2.45. The molecule has 8 heteroatoms. The quantitative estimate of drug-likeness (QED) is 0.462. The smallest absolute Gasteiger partial charge is 0.272 e. The van der Waals surface area contributed by atoms with E-state index < -0.39 is 0 Å². The number of anilines is 1. The summed E-state index contributed by atoms with van der Waals surface area (Å²) < 4.78 is 6.75. The van der Waals surface area contributed by atoms with Crippen molar-refractivity contribution >= 4 is 22.4 Å². The molecule has 0 unspecified atom stereocenters. The SMILES string of the molecule is COCCCn1cc(C(=O)Nc2ccc(-c3n[nH]c(=O)c4ccccc34)cc2)cn1.